The fourth-order valence-electron chi connectivity index (χ4n) is 1.37. The van der Waals surface area contributed by atoms with Crippen LogP contribution >= 0.6 is 0 Å². The molecule has 2 aromatic rings. The Hall–Kier alpha value is -2.66. The monoisotopic (exact) mass is 215 g/mol. The zero-order valence-corrected chi connectivity index (χ0v) is 7.91. The van der Waals surface area contributed by atoms with Gasteiger partial charge in [0.1, 0.15) is 5.69 Å². The number of nitrogens with one attached hydrogen (secondary N) is 1. The first kappa shape index (κ1) is 9.88. The van der Waals surface area contributed by atoms with Crippen LogP contribution in [-0.4, -0.2) is 16.1 Å². The third kappa shape index (κ3) is 1.51. The van der Waals surface area contributed by atoms with Crippen molar-refractivity contribution in [1.29, 1.82) is 0 Å². The number of H-pyrrole nitrogens is 1. The molecule has 1 heterocycles. The smallest absolute Gasteiger partial charge is 0.272 e. The Labute approximate surface area is 88.3 Å². The SMILES string of the molecule is [N-]=[N+]=NC(=O)c1n[nH]c(=O)c2ccccc12. The van der Waals surface area contributed by atoms with Gasteiger partial charge >= 0.3 is 0 Å². The quantitative estimate of drug-likeness (QED) is 0.440. The summed E-state index contributed by atoms with van der Waals surface area (Å²) >= 11 is 0. The summed E-state index contributed by atoms with van der Waals surface area (Å²) in [5.74, 6) is -0.824. The van der Waals surface area contributed by atoms with Crippen molar-refractivity contribution in [3.63, 3.8) is 0 Å². The fraction of sp³-hybridized carbons (Fsp3) is 0. The van der Waals surface area contributed by atoms with Crippen LogP contribution in [0.2, 0.25) is 0 Å². The Kier molecular flexibility index (Phi) is 2.37. The first-order valence-corrected chi connectivity index (χ1v) is 4.31. The number of aromatic amines is 1. The van der Waals surface area contributed by atoms with Crippen LogP contribution in [-0.2, 0) is 0 Å². The van der Waals surface area contributed by atoms with Gasteiger partial charge in [-0.2, -0.15) is 5.10 Å². The van der Waals surface area contributed by atoms with E-state index in [0.717, 1.165) is 0 Å². The van der Waals surface area contributed by atoms with Crippen LogP contribution in [0, 0.1) is 0 Å². The van der Waals surface area contributed by atoms with E-state index in [-0.39, 0.29) is 5.69 Å². The molecule has 0 spiro atoms. The summed E-state index contributed by atoms with van der Waals surface area (Å²) in [5.41, 5.74) is 7.71. The average Bonchev–Trinajstić information content (AvgIpc) is 2.30. The van der Waals surface area contributed by atoms with Crippen LogP contribution in [0.4, 0.5) is 0 Å². The summed E-state index contributed by atoms with van der Waals surface area (Å²) in [7, 11) is 0. The molecular weight excluding hydrogens is 210 g/mol. The summed E-state index contributed by atoms with van der Waals surface area (Å²) in [6.45, 7) is 0. The molecule has 1 amide bonds. The number of benzene rings is 1. The van der Waals surface area contributed by atoms with Crippen LogP contribution in [0.3, 0.4) is 0 Å². The van der Waals surface area contributed by atoms with Gasteiger partial charge in [-0.15, -0.1) is 0 Å². The summed E-state index contributed by atoms with van der Waals surface area (Å²) in [6, 6.07) is 6.45. The summed E-state index contributed by atoms with van der Waals surface area (Å²) in [4.78, 5) is 25.1. The van der Waals surface area contributed by atoms with E-state index in [1.165, 1.54) is 0 Å². The molecule has 0 radical (unpaired) electrons. The number of fused-ring (bicyclic) bond motifs is 1. The summed E-state index contributed by atoms with van der Waals surface area (Å²) in [6.07, 6.45) is 0. The number of azide groups is 1. The van der Waals surface area contributed by atoms with E-state index < -0.39 is 11.5 Å². The molecule has 0 aliphatic carbocycles. The van der Waals surface area contributed by atoms with Crippen molar-refractivity contribution >= 4 is 16.7 Å². The Morgan fingerprint density at radius 3 is 2.75 bits per heavy atom. The topological polar surface area (TPSA) is 112 Å². The highest BCUT2D eigenvalue weighted by Crippen LogP contribution is 2.12. The lowest BCUT2D eigenvalue weighted by Crippen LogP contribution is -2.13. The predicted octanol–water partition coefficient (Wildman–Crippen LogP) is 1.37. The number of carbonyl (C=O) groups excluding carboxylic acids is 1. The van der Waals surface area contributed by atoms with Crippen LogP contribution < -0.4 is 5.56 Å². The molecule has 0 aliphatic heterocycles. The van der Waals surface area contributed by atoms with Crippen molar-refractivity contribution in [3.8, 4) is 0 Å². The van der Waals surface area contributed by atoms with Gasteiger partial charge in [-0.05, 0) is 16.7 Å². The lowest BCUT2D eigenvalue weighted by molar-refractivity contribution is 0.0996. The van der Waals surface area contributed by atoms with Crippen molar-refractivity contribution in [2.45, 2.75) is 0 Å². The number of amides is 1. The molecule has 0 fully saturated rings. The van der Waals surface area contributed by atoms with Gasteiger partial charge in [0.2, 0.25) is 0 Å². The number of nitrogens with zero attached hydrogens (tertiary/aromatic N) is 4. The first-order valence-electron chi connectivity index (χ1n) is 4.31. The van der Waals surface area contributed by atoms with Crippen molar-refractivity contribution in [1.82, 2.24) is 10.2 Å². The summed E-state index contributed by atoms with van der Waals surface area (Å²) < 4.78 is 0. The third-order valence-corrected chi connectivity index (χ3v) is 2.03. The Morgan fingerprint density at radius 2 is 2.06 bits per heavy atom. The van der Waals surface area contributed by atoms with Gasteiger partial charge < -0.3 is 0 Å². The lowest BCUT2D eigenvalue weighted by atomic mass is 10.1. The molecule has 1 N–H and O–H groups in total. The molecule has 0 unspecified atom stereocenters. The molecule has 0 bridgehead atoms. The van der Waals surface area contributed by atoms with Crippen molar-refractivity contribution in [3.05, 3.63) is 50.8 Å². The highest BCUT2D eigenvalue weighted by molar-refractivity contribution is 6.05. The maximum absolute atomic E-state index is 11.4. The fourth-order valence-corrected chi connectivity index (χ4v) is 1.37. The second kappa shape index (κ2) is 3.84. The first-order chi connectivity index (χ1) is 7.74. The minimum atomic E-state index is -0.824. The van der Waals surface area contributed by atoms with Crippen LogP contribution in [0.15, 0.2) is 34.2 Å². The molecule has 0 aliphatic rings. The second-order valence-corrected chi connectivity index (χ2v) is 2.94. The van der Waals surface area contributed by atoms with Gasteiger partial charge in [0.25, 0.3) is 11.5 Å². The highest BCUT2D eigenvalue weighted by atomic mass is 16.2. The maximum atomic E-state index is 11.4. The van der Waals surface area contributed by atoms with Crippen molar-refractivity contribution < 1.29 is 4.79 Å². The Morgan fingerprint density at radius 1 is 1.38 bits per heavy atom. The van der Waals surface area contributed by atoms with Gasteiger partial charge in [-0.1, -0.05) is 18.2 Å². The van der Waals surface area contributed by atoms with Gasteiger partial charge in [-0.3, -0.25) is 9.59 Å². The van der Waals surface area contributed by atoms with Crippen LogP contribution in [0.25, 0.3) is 21.2 Å². The maximum Gasteiger partial charge on any atom is 0.272 e. The molecule has 78 valence electrons. The van der Waals surface area contributed by atoms with E-state index in [9.17, 15) is 9.59 Å². The minimum Gasteiger partial charge on any atom is -0.285 e. The zero-order valence-electron chi connectivity index (χ0n) is 7.91. The highest BCUT2D eigenvalue weighted by Gasteiger charge is 2.11. The minimum absolute atomic E-state index is 0.0620. The lowest BCUT2D eigenvalue weighted by Gasteiger charge is -1.99. The van der Waals surface area contributed by atoms with Crippen LogP contribution in [0.5, 0.6) is 0 Å². The standard InChI is InChI=1S/C9H5N5O2/c10-14-13-9(16)7-5-3-1-2-4-6(5)8(15)12-11-7/h1-4H,(H,12,15). The number of rotatable bonds is 1. The molecule has 7 nitrogen and oxygen atoms in total. The number of hydrogen-bond donors (Lipinski definition) is 1. The van der Waals surface area contributed by atoms with E-state index in [1.807, 2.05) is 0 Å². The predicted molar refractivity (Wildman–Crippen MR) is 55.8 cm³/mol. The van der Waals surface area contributed by atoms with Gasteiger partial charge in [0.15, 0.2) is 0 Å². The molecule has 1 aromatic carbocycles. The van der Waals surface area contributed by atoms with E-state index in [0.29, 0.717) is 10.8 Å². The average molecular weight is 215 g/mol. The zero-order chi connectivity index (χ0) is 11.5. The molecular formula is C9H5N5O2. The Balaban J connectivity index is 2.82. The second-order valence-electron chi connectivity index (χ2n) is 2.94. The number of aromatic nitrogens is 2. The van der Waals surface area contributed by atoms with E-state index >= 15 is 0 Å². The largest absolute Gasteiger partial charge is 0.285 e. The van der Waals surface area contributed by atoms with E-state index in [1.54, 1.807) is 24.3 Å². The molecule has 2 rings (SSSR count). The molecule has 0 saturated carbocycles. The van der Waals surface area contributed by atoms with E-state index in [4.69, 9.17) is 5.53 Å². The third-order valence-electron chi connectivity index (χ3n) is 2.03. The summed E-state index contributed by atoms with van der Waals surface area (Å²) in [5, 5.41) is 9.37. The van der Waals surface area contributed by atoms with Crippen molar-refractivity contribution in [2.75, 3.05) is 0 Å². The van der Waals surface area contributed by atoms with E-state index in [2.05, 4.69) is 20.2 Å². The molecule has 7 heteroatoms. The molecule has 1 aromatic heterocycles. The number of carbonyl (C=O) groups is 1. The Bertz CT molecular complexity index is 669. The van der Waals surface area contributed by atoms with Crippen molar-refractivity contribution in [2.24, 2.45) is 5.11 Å². The normalized spacial score (nSPS) is 9.75. The molecule has 0 atom stereocenters. The number of hydrogen-bond acceptors (Lipinski definition) is 3. The van der Waals surface area contributed by atoms with Gasteiger partial charge in [0.05, 0.1) is 5.39 Å². The molecule has 0 saturated heterocycles. The van der Waals surface area contributed by atoms with Gasteiger partial charge in [0, 0.05) is 10.3 Å². The van der Waals surface area contributed by atoms with Gasteiger partial charge in [-0.25, -0.2) is 5.10 Å². The molecule has 16 heavy (non-hydrogen) atoms. The van der Waals surface area contributed by atoms with Crippen LogP contribution in [0.1, 0.15) is 10.5 Å².